The minimum absolute atomic E-state index is 0.0457. The zero-order chi connectivity index (χ0) is 21.3. The minimum Gasteiger partial charge on any atom is -0.351 e. The molecule has 0 bridgehead atoms. The number of aromatic amines is 1. The highest BCUT2D eigenvalue weighted by Crippen LogP contribution is 2.27. The van der Waals surface area contributed by atoms with E-state index in [-0.39, 0.29) is 11.5 Å². The number of hydrogen-bond donors (Lipinski definition) is 2. The van der Waals surface area contributed by atoms with Crippen LogP contribution < -0.4 is 10.9 Å². The van der Waals surface area contributed by atoms with Crippen LogP contribution in [0.25, 0.3) is 32.9 Å². The number of H-pyrrole nitrogens is 1. The van der Waals surface area contributed by atoms with Gasteiger partial charge in [0.1, 0.15) is 0 Å². The summed E-state index contributed by atoms with van der Waals surface area (Å²) in [5.41, 5.74) is 4.18. The van der Waals surface area contributed by atoms with E-state index in [1.165, 1.54) is 0 Å². The molecule has 2 aromatic carbocycles. The Labute approximate surface area is 174 Å². The third-order valence-electron chi connectivity index (χ3n) is 5.31. The van der Waals surface area contributed by atoms with Gasteiger partial charge in [-0.3, -0.25) is 14.7 Å². The van der Waals surface area contributed by atoms with E-state index in [9.17, 15) is 9.59 Å². The summed E-state index contributed by atoms with van der Waals surface area (Å²) in [5.74, 6) is -0.0802. The van der Waals surface area contributed by atoms with Gasteiger partial charge in [-0.1, -0.05) is 24.3 Å². The molecule has 4 aromatic rings. The van der Waals surface area contributed by atoms with E-state index < -0.39 is 0 Å². The van der Waals surface area contributed by atoms with Crippen molar-refractivity contribution in [3.8, 4) is 11.1 Å². The zero-order valence-corrected chi connectivity index (χ0v) is 17.4. The smallest absolute Gasteiger partial charge is 0.262 e. The van der Waals surface area contributed by atoms with Gasteiger partial charge in [0.25, 0.3) is 11.5 Å². The number of likely N-dealkylation sites (N-methyl/N-ethyl adjacent to an activating group) is 1. The SMILES string of the molecule is CCn1c(=O)c2cn[nH]c2c2ccc(-c3ccc(C(=O)NCCN(C)C)cc3)cc21. The molecule has 7 heteroatoms. The number of rotatable bonds is 6. The van der Waals surface area contributed by atoms with Crippen molar-refractivity contribution in [3.63, 3.8) is 0 Å². The minimum atomic E-state index is -0.0802. The third-order valence-corrected chi connectivity index (χ3v) is 5.31. The number of hydrogen-bond acceptors (Lipinski definition) is 4. The number of pyridine rings is 1. The molecule has 154 valence electrons. The van der Waals surface area contributed by atoms with Crippen molar-refractivity contribution in [2.24, 2.45) is 0 Å². The van der Waals surface area contributed by atoms with Gasteiger partial charge in [0.05, 0.1) is 22.6 Å². The highest BCUT2D eigenvalue weighted by atomic mass is 16.1. The molecule has 0 fully saturated rings. The van der Waals surface area contributed by atoms with Gasteiger partial charge in [-0.05, 0) is 50.3 Å². The van der Waals surface area contributed by atoms with E-state index in [0.29, 0.717) is 24.0 Å². The number of nitrogens with zero attached hydrogens (tertiary/aromatic N) is 3. The molecular formula is C23H25N5O2. The molecule has 0 aliphatic carbocycles. The standard InChI is InChI=1S/C23H25N5O2/c1-4-28-20-13-17(9-10-18(20)21-19(23(28)30)14-25-26-21)15-5-7-16(8-6-15)22(29)24-11-12-27(2)3/h5-10,13-14H,4,11-12H2,1-3H3,(H,24,29)(H,25,26). The lowest BCUT2D eigenvalue weighted by Gasteiger charge is -2.12. The van der Waals surface area contributed by atoms with E-state index in [1.54, 1.807) is 10.8 Å². The number of benzene rings is 2. The van der Waals surface area contributed by atoms with Crippen LogP contribution in [0.15, 0.2) is 53.5 Å². The molecular weight excluding hydrogens is 378 g/mol. The number of fused-ring (bicyclic) bond motifs is 3. The Balaban J connectivity index is 1.67. The van der Waals surface area contributed by atoms with E-state index in [0.717, 1.165) is 34.1 Å². The number of aromatic nitrogens is 3. The van der Waals surface area contributed by atoms with Gasteiger partial charge in [-0.2, -0.15) is 5.10 Å². The van der Waals surface area contributed by atoms with Crippen LogP contribution in [0.1, 0.15) is 17.3 Å². The van der Waals surface area contributed by atoms with Gasteiger partial charge in [0.15, 0.2) is 0 Å². The molecule has 0 aliphatic heterocycles. The van der Waals surface area contributed by atoms with Gasteiger partial charge < -0.3 is 14.8 Å². The normalized spacial score (nSPS) is 11.5. The van der Waals surface area contributed by atoms with E-state index in [1.807, 2.05) is 68.4 Å². The Hall–Kier alpha value is -3.45. The summed E-state index contributed by atoms with van der Waals surface area (Å²) in [7, 11) is 3.94. The quantitative estimate of drug-likeness (QED) is 0.519. The van der Waals surface area contributed by atoms with Gasteiger partial charge in [0.2, 0.25) is 0 Å². The predicted octanol–water partition coefficient (Wildman–Crippen LogP) is 2.86. The summed E-state index contributed by atoms with van der Waals surface area (Å²) in [6, 6.07) is 13.6. The number of carbonyl (C=O) groups excluding carboxylic acids is 1. The summed E-state index contributed by atoms with van der Waals surface area (Å²) in [5, 5.41) is 11.5. The number of nitrogens with one attached hydrogen (secondary N) is 2. The van der Waals surface area contributed by atoms with Crippen molar-refractivity contribution in [3.05, 3.63) is 64.6 Å². The molecule has 4 rings (SSSR count). The van der Waals surface area contributed by atoms with Crippen molar-refractivity contribution >= 4 is 27.7 Å². The van der Waals surface area contributed by atoms with Crippen LogP contribution in [0, 0.1) is 0 Å². The first kappa shape index (κ1) is 19.8. The average Bonchev–Trinajstić information content (AvgIpc) is 3.24. The molecule has 2 heterocycles. The summed E-state index contributed by atoms with van der Waals surface area (Å²) in [6.45, 7) is 3.94. The van der Waals surface area contributed by atoms with Crippen molar-refractivity contribution in [1.29, 1.82) is 0 Å². The first-order valence-corrected chi connectivity index (χ1v) is 10.0. The zero-order valence-electron chi connectivity index (χ0n) is 17.4. The second-order valence-electron chi connectivity index (χ2n) is 7.58. The Kier molecular flexibility index (Phi) is 5.37. The second kappa shape index (κ2) is 8.12. The molecule has 0 unspecified atom stereocenters. The highest BCUT2D eigenvalue weighted by molar-refractivity contribution is 6.04. The number of amides is 1. The first-order valence-electron chi connectivity index (χ1n) is 10.0. The van der Waals surface area contributed by atoms with E-state index in [2.05, 4.69) is 15.5 Å². The van der Waals surface area contributed by atoms with Crippen LogP contribution in [0.5, 0.6) is 0 Å². The first-order chi connectivity index (χ1) is 14.5. The fourth-order valence-corrected chi connectivity index (χ4v) is 3.68. The summed E-state index contributed by atoms with van der Waals surface area (Å²) in [4.78, 5) is 27.1. The fraction of sp³-hybridized carbons (Fsp3) is 0.261. The Bertz CT molecular complexity index is 1270. The molecule has 0 spiro atoms. The van der Waals surface area contributed by atoms with Crippen LogP contribution in [0.2, 0.25) is 0 Å². The highest BCUT2D eigenvalue weighted by Gasteiger charge is 2.13. The third kappa shape index (κ3) is 3.59. The maximum absolute atomic E-state index is 12.8. The summed E-state index contributed by atoms with van der Waals surface area (Å²) in [6.07, 6.45) is 1.58. The molecule has 30 heavy (non-hydrogen) atoms. The molecule has 2 N–H and O–H groups in total. The van der Waals surface area contributed by atoms with Crippen LogP contribution >= 0.6 is 0 Å². The van der Waals surface area contributed by atoms with Crippen LogP contribution in [0.3, 0.4) is 0 Å². The topological polar surface area (TPSA) is 83.0 Å². The Morgan fingerprint density at radius 3 is 2.53 bits per heavy atom. The maximum atomic E-state index is 12.8. The van der Waals surface area contributed by atoms with Gasteiger partial charge in [-0.15, -0.1) is 0 Å². The molecule has 2 aromatic heterocycles. The van der Waals surface area contributed by atoms with Crippen LogP contribution in [0.4, 0.5) is 0 Å². The molecule has 0 atom stereocenters. The number of carbonyl (C=O) groups is 1. The molecule has 0 saturated heterocycles. The van der Waals surface area contributed by atoms with Crippen LogP contribution in [-0.4, -0.2) is 52.8 Å². The van der Waals surface area contributed by atoms with Crippen molar-refractivity contribution in [1.82, 2.24) is 25.0 Å². The van der Waals surface area contributed by atoms with Crippen LogP contribution in [-0.2, 0) is 6.54 Å². The molecule has 1 amide bonds. The number of aryl methyl sites for hydroxylation is 1. The average molecular weight is 403 g/mol. The predicted molar refractivity (Wildman–Crippen MR) is 120 cm³/mol. The largest absolute Gasteiger partial charge is 0.351 e. The van der Waals surface area contributed by atoms with Crippen molar-refractivity contribution in [2.45, 2.75) is 13.5 Å². The second-order valence-corrected chi connectivity index (χ2v) is 7.58. The Morgan fingerprint density at radius 1 is 1.10 bits per heavy atom. The Morgan fingerprint density at radius 2 is 1.83 bits per heavy atom. The molecule has 0 radical (unpaired) electrons. The summed E-state index contributed by atoms with van der Waals surface area (Å²) < 4.78 is 1.77. The van der Waals surface area contributed by atoms with E-state index in [4.69, 9.17) is 0 Å². The van der Waals surface area contributed by atoms with Crippen molar-refractivity contribution in [2.75, 3.05) is 27.2 Å². The summed E-state index contributed by atoms with van der Waals surface area (Å²) >= 11 is 0. The van der Waals surface area contributed by atoms with Crippen molar-refractivity contribution < 1.29 is 4.79 Å². The lowest BCUT2D eigenvalue weighted by molar-refractivity contribution is 0.0951. The molecule has 0 saturated carbocycles. The molecule has 7 nitrogen and oxygen atoms in total. The molecule has 0 aliphatic rings. The van der Waals surface area contributed by atoms with Gasteiger partial charge >= 0.3 is 0 Å². The maximum Gasteiger partial charge on any atom is 0.262 e. The monoisotopic (exact) mass is 403 g/mol. The fourth-order valence-electron chi connectivity index (χ4n) is 3.68. The lowest BCUT2D eigenvalue weighted by Crippen LogP contribution is -2.31. The van der Waals surface area contributed by atoms with Gasteiger partial charge in [0, 0.05) is 30.6 Å². The van der Waals surface area contributed by atoms with Gasteiger partial charge in [-0.25, -0.2) is 0 Å². The lowest BCUT2D eigenvalue weighted by atomic mass is 10.0. The van der Waals surface area contributed by atoms with E-state index >= 15 is 0 Å².